The van der Waals surface area contributed by atoms with Gasteiger partial charge in [0.15, 0.2) is 0 Å². The number of fused-ring (bicyclic) bond motifs is 2. The van der Waals surface area contributed by atoms with E-state index in [1.807, 2.05) is 6.92 Å². The number of hydrogen-bond acceptors (Lipinski definition) is 3. The van der Waals surface area contributed by atoms with Crippen LogP contribution in [0.2, 0.25) is 0 Å². The van der Waals surface area contributed by atoms with Crippen molar-refractivity contribution < 1.29 is 13.2 Å². The Balaban J connectivity index is 1.73. The summed E-state index contributed by atoms with van der Waals surface area (Å²) in [5.74, 6) is 1.37. The Bertz CT molecular complexity index is 729. The average molecular weight is 336 g/mol. The van der Waals surface area contributed by atoms with Crippen LogP contribution in [-0.2, 0) is 10.0 Å². The number of sulfonamides is 1. The molecule has 2 aliphatic rings. The lowest BCUT2D eigenvalue weighted by atomic mass is 9.95. The Morgan fingerprint density at radius 2 is 2.00 bits per heavy atom. The van der Waals surface area contributed by atoms with Crippen molar-refractivity contribution in [3.05, 3.63) is 29.3 Å². The summed E-state index contributed by atoms with van der Waals surface area (Å²) in [7, 11) is -1.78. The van der Waals surface area contributed by atoms with Gasteiger partial charge in [-0.25, -0.2) is 8.42 Å². The Hall–Kier alpha value is -1.56. The first-order valence-corrected chi connectivity index (χ1v) is 9.96. The van der Waals surface area contributed by atoms with Gasteiger partial charge >= 0.3 is 0 Å². The van der Waals surface area contributed by atoms with Gasteiger partial charge in [-0.15, -0.1) is 0 Å². The van der Waals surface area contributed by atoms with E-state index in [2.05, 4.69) is 5.32 Å². The molecule has 0 saturated heterocycles. The van der Waals surface area contributed by atoms with Crippen molar-refractivity contribution >= 4 is 21.6 Å². The van der Waals surface area contributed by atoms with E-state index < -0.39 is 10.0 Å². The number of amides is 1. The fourth-order valence-corrected chi connectivity index (χ4v) is 4.56. The zero-order valence-electron chi connectivity index (χ0n) is 13.9. The van der Waals surface area contributed by atoms with Gasteiger partial charge in [-0.3, -0.25) is 9.10 Å². The highest BCUT2D eigenvalue weighted by molar-refractivity contribution is 7.92. The third-order valence-corrected chi connectivity index (χ3v) is 6.54. The maximum atomic E-state index is 12.5. The summed E-state index contributed by atoms with van der Waals surface area (Å²) in [5, 5.41) is 3.16. The summed E-state index contributed by atoms with van der Waals surface area (Å²) in [4.78, 5) is 12.5. The molecule has 0 heterocycles. The minimum Gasteiger partial charge on any atom is -0.349 e. The Morgan fingerprint density at radius 3 is 2.52 bits per heavy atom. The van der Waals surface area contributed by atoms with Gasteiger partial charge in [0.2, 0.25) is 10.0 Å². The molecule has 3 atom stereocenters. The second-order valence-corrected chi connectivity index (χ2v) is 9.00. The van der Waals surface area contributed by atoms with Gasteiger partial charge in [0.05, 0.1) is 11.9 Å². The molecule has 1 N–H and O–H groups in total. The third-order valence-electron chi connectivity index (χ3n) is 5.35. The molecule has 0 unspecified atom stereocenters. The second-order valence-electron chi connectivity index (χ2n) is 6.99. The highest BCUT2D eigenvalue weighted by atomic mass is 32.2. The molecule has 1 aromatic carbocycles. The Morgan fingerprint density at radius 1 is 1.26 bits per heavy atom. The standard InChI is InChI=1S/C17H24N2O3S/c1-11-8-14(6-7-16(11)19(2)23(3,21)22)17(20)18-15-10-12-4-5-13(15)9-12/h6-8,12-13,15H,4-5,9-10H2,1-3H3,(H,18,20)/t12-,13-,15-/m1/s1. The number of carbonyl (C=O) groups is 1. The van der Waals surface area contributed by atoms with Gasteiger partial charge in [-0.05, 0) is 61.8 Å². The van der Waals surface area contributed by atoms with Crippen LogP contribution in [0.15, 0.2) is 18.2 Å². The van der Waals surface area contributed by atoms with Gasteiger partial charge < -0.3 is 5.32 Å². The predicted molar refractivity (Wildman–Crippen MR) is 91.1 cm³/mol. The number of carbonyl (C=O) groups excluding carboxylic acids is 1. The molecule has 2 fully saturated rings. The summed E-state index contributed by atoms with van der Waals surface area (Å²) < 4.78 is 24.5. The fraction of sp³-hybridized carbons (Fsp3) is 0.588. The molecule has 0 aromatic heterocycles. The largest absolute Gasteiger partial charge is 0.349 e. The predicted octanol–water partition coefficient (Wildman–Crippen LogP) is 2.31. The summed E-state index contributed by atoms with van der Waals surface area (Å²) in [6.07, 6.45) is 6.06. The topological polar surface area (TPSA) is 66.5 Å². The number of nitrogens with one attached hydrogen (secondary N) is 1. The van der Waals surface area contributed by atoms with Gasteiger partial charge in [-0.1, -0.05) is 6.42 Å². The van der Waals surface area contributed by atoms with Crippen molar-refractivity contribution in [3.8, 4) is 0 Å². The molecular weight excluding hydrogens is 312 g/mol. The highest BCUT2D eigenvalue weighted by Gasteiger charge is 2.40. The lowest BCUT2D eigenvalue weighted by Gasteiger charge is -2.23. The number of anilines is 1. The molecule has 0 radical (unpaired) electrons. The molecule has 5 nitrogen and oxygen atoms in total. The fourth-order valence-electron chi connectivity index (χ4n) is 4.00. The zero-order chi connectivity index (χ0) is 16.8. The van der Waals surface area contributed by atoms with Crippen LogP contribution >= 0.6 is 0 Å². The Kier molecular flexibility index (Phi) is 4.12. The molecular formula is C17H24N2O3S. The van der Waals surface area contributed by atoms with Crippen molar-refractivity contribution in [1.82, 2.24) is 5.32 Å². The van der Waals surface area contributed by atoms with E-state index in [1.54, 1.807) is 18.2 Å². The summed E-state index contributed by atoms with van der Waals surface area (Å²) in [6.45, 7) is 1.82. The van der Waals surface area contributed by atoms with Crippen molar-refractivity contribution in [2.75, 3.05) is 17.6 Å². The molecule has 1 amide bonds. The average Bonchev–Trinajstić information content (AvgIpc) is 3.08. The van der Waals surface area contributed by atoms with Gasteiger partial charge in [0.1, 0.15) is 0 Å². The molecule has 2 aliphatic carbocycles. The van der Waals surface area contributed by atoms with Crippen molar-refractivity contribution in [2.24, 2.45) is 11.8 Å². The summed E-state index contributed by atoms with van der Waals surface area (Å²) >= 11 is 0. The number of hydrogen-bond donors (Lipinski definition) is 1. The van der Waals surface area contributed by atoms with E-state index in [-0.39, 0.29) is 5.91 Å². The smallest absolute Gasteiger partial charge is 0.251 e. The van der Waals surface area contributed by atoms with E-state index >= 15 is 0 Å². The van der Waals surface area contributed by atoms with E-state index in [9.17, 15) is 13.2 Å². The molecule has 0 spiro atoms. The maximum absolute atomic E-state index is 12.5. The van der Waals surface area contributed by atoms with Crippen LogP contribution in [0.3, 0.4) is 0 Å². The van der Waals surface area contributed by atoms with Crippen LogP contribution in [0.4, 0.5) is 5.69 Å². The van der Waals surface area contributed by atoms with Crippen LogP contribution in [-0.4, -0.2) is 33.7 Å². The molecule has 23 heavy (non-hydrogen) atoms. The monoisotopic (exact) mass is 336 g/mol. The highest BCUT2D eigenvalue weighted by Crippen LogP contribution is 2.44. The summed E-state index contributed by atoms with van der Waals surface area (Å²) in [5.41, 5.74) is 1.97. The SMILES string of the molecule is Cc1cc(C(=O)N[C@@H]2C[C@@H]3CC[C@@H]2C3)ccc1N(C)S(C)(=O)=O. The molecule has 6 heteroatoms. The van der Waals surface area contributed by atoms with Crippen LogP contribution < -0.4 is 9.62 Å². The zero-order valence-corrected chi connectivity index (χ0v) is 14.7. The van der Waals surface area contributed by atoms with E-state index in [1.165, 1.54) is 36.9 Å². The molecule has 1 aromatic rings. The first-order chi connectivity index (χ1) is 10.8. The van der Waals surface area contributed by atoms with Crippen LogP contribution in [0, 0.1) is 18.8 Å². The molecule has 2 bridgehead atoms. The van der Waals surface area contributed by atoms with Crippen molar-refractivity contribution in [3.63, 3.8) is 0 Å². The quantitative estimate of drug-likeness (QED) is 0.917. The van der Waals surface area contributed by atoms with E-state index in [0.29, 0.717) is 23.2 Å². The van der Waals surface area contributed by atoms with Crippen LogP contribution in [0.25, 0.3) is 0 Å². The van der Waals surface area contributed by atoms with E-state index in [4.69, 9.17) is 0 Å². The number of aryl methyl sites for hydroxylation is 1. The van der Waals surface area contributed by atoms with Crippen LogP contribution in [0.5, 0.6) is 0 Å². The van der Waals surface area contributed by atoms with Gasteiger partial charge in [0.25, 0.3) is 5.91 Å². The van der Waals surface area contributed by atoms with Crippen molar-refractivity contribution in [2.45, 2.75) is 38.6 Å². The Labute approximate surface area is 138 Å². The van der Waals surface area contributed by atoms with E-state index in [0.717, 1.165) is 17.9 Å². The minimum absolute atomic E-state index is 0.0563. The van der Waals surface area contributed by atoms with Crippen molar-refractivity contribution in [1.29, 1.82) is 0 Å². The molecule has 2 saturated carbocycles. The number of nitrogens with zero attached hydrogens (tertiary/aromatic N) is 1. The van der Waals surface area contributed by atoms with Gasteiger partial charge in [0, 0.05) is 18.7 Å². The molecule has 0 aliphatic heterocycles. The normalized spacial score (nSPS) is 26.3. The number of benzene rings is 1. The first kappa shape index (κ1) is 16.3. The lowest BCUT2D eigenvalue weighted by molar-refractivity contribution is 0.0923. The van der Waals surface area contributed by atoms with Crippen LogP contribution in [0.1, 0.15) is 41.6 Å². The second kappa shape index (κ2) is 5.82. The third kappa shape index (κ3) is 3.22. The first-order valence-electron chi connectivity index (χ1n) is 8.11. The summed E-state index contributed by atoms with van der Waals surface area (Å²) in [6, 6.07) is 5.47. The number of rotatable bonds is 4. The minimum atomic E-state index is -3.30. The molecule has 3 rings (SSSR count). The lowest BCUT2D eigenvalue weighted by Crippen LogP contribution is -2.38. The molecule has 126 valence electrons. The van der Waals surface area contributed by atoms with Gasteiger partial charge in [-0.2, -0.15) is 0 Å². The maximum Gasteiger partial charge on any atom is 0.251 e.